The van der Waals surface area contributed by atoms with Crippen molar-refractivity contribution in [2.45, 2.75) is 64.5 Å². The molecule has 0 aromatic heterocycles. The van der Waals surface area contributed by atoms with Crippen molar-refractivity contribution >= 4 is 5.97 Å². The van der Waals surface area contributed by atoms with E-state index in [9.17, 15) is 4.79 Å². The van der Waals surface area contributed by atoms with E-state index in [1.54, 1.807) is 0 Å². The number of nitrogens with two attached hydrogens (primary N) is 1. The molecule has 2 N–H and O–H groups in total. The van der Waals surface area contributed by atoms with Gasteiger partial charge in [-0.15, -0.1) is 0 Å². The molecular formula is C12H23NO2. The van der Waals surface area contributed by atoms with E-state index in [1.807, 2.05) is 6.92 Å². The van der Waals surface area contributed by atoms with Crippen molar-refractivity contribution in [1.29, 1.82) is 0 Å². The van der Waals surface area contributed by atoms with Crippen LogP contribution in [0.4, 0.5) is 0 Å². The lowest BCUT2D eigenvalue weighted by Gasteiger charge is -2.28. The second-order valence-electron chi connectivity index (χ2n) is 4.51. The first-order chi connectivity index (χ1) is 7.17. The fraction of sp³-hybridized carbons (Fsp3) is 0.917. The number of carbonyl (C=O) groups is 1. The Morgan fingerprint density at radius 3 is 2.80 bits per heavy atom. The van der Waals surface area contributed by atoms with Gasteiger partial charge in [-0.2, -0.15) is 0 Å². The van der Waals surface area contributed by atoms with E-state index in [0.717, 1.165) is 18.8 Å². The highest BCUT2D eigenvalue weighted by Crippen LogP contribution is 2.28. The largest absolute Gasteiger partial charge is 0.461 e. The van der Waals surface area contributed by atoms with Crippen LogP contribution in [0.25, 0.3) is 0 Å². The van der Waals surface area contributed by atoms with Crippen molar-refractivity contribution < 1.29 is 9.53 Å². The van der Waals surface area contributed by atoms with Crippen molar-refractivity contribution in [3.63, 3.8) is 0 Å². The predicted molar refractivity (Wildman–Crippen MR) is 60.4 cm³/mol. The summed E-state index contributed by atoms with van der Waals surface area (Å²) in [5, 5.41) is 0. The number of hydrogen-bond donors (Lipinski definition) is 1. The fourth-order valence-electron chi connectivity index (χ4n) is 2.14. The number of esters is 1. The lowest BCUT2D eigenvalue weighted by Crippen LogP contribution is -2.35. The molecule has 0 aromatic rings. The molecule has 0 saturated heterocycles. The molecule has 0 aliphatic heterocycles. The normalized spacial score (nSPS) is 28.5. The lowest BCUT2D eigenvalue weighted by molar-refractivity contribution is -0.153. The monoisotopic (exact) mass is 213 g/mol. The van der Waals surface area contributed by atoms with Gasteiger partial charge >= 0.3 is 5.97 Å². The molecular weight excluding hydrogens is 190 g/mol. The quantitative estimate of drug-likeness (QED) is 0.729. The predicted octanol–water partition coefficient (Wildman–Crippen LogP) is 2.24. The Kier molecular flexibility index (Phi) is 5.09. The third-order valence-electron chi connectivity index (χ3n) is 3.34. The second-order valence-corrected chi connectivity index (χ2v) is 4.51. The maximum atomic E-state index is 11.5. The van der Waals surface area contributed by atoms with Crippen LogP contribution in [0.5, 0.6) is 0 Å². The van der Waals surface area contributed by atoms with Crippen LogP contribution in [0.3, 0.4) is 0 Å². The molecule has 0 radical (unpaired) electrons. The third kappa shape index (κ3) is 3.82. The molecule has 88 valence electrons. The summed E-state index contributed by atoms with van der Waals surface area (Å²) in [4.78, 5) is 11.5. The van der Waals surface area contributed by atoms with Gasteiger partial charge in [-0.05, 0) is 31.6 Å². The minimum Gasteiger partial charge on any atom is -0.461 e. The van der Waals surface area contributed by atoms with Gasteiger partial charge in [0.15, 0.2) is 0 Å². The molecule has 3 heteroatoms. The third-order valence-corrected chi connectivity index (χ3v) is 3.34. The summed E-state index contributed by atoms with van der Waals surface area (Å²) in [5.41, 5.74) is 5.63. The van der Waals surface area contributed by atoms with E-state index in [1.165, 1.54) is 19.3 Å². The fourth-order valence-corrected chi connectivity index (χ4v) is 2.14. The topological polar surface area (TPSA) is 52.3 Å². The maximum Gasteiger partial charge on any atom is 0.323 e. The standard InChI is InChI=1S/C12H23NO2/c1-3-9-6-5-7-10(8-9)15-12(14)11(13)4-2/h9-11H,3-8,13H2,1-2H3/t9?,10?,11-/m0/s1. The molecule has 0 bridgehead atoms. The number of rotatable bonds is 4. The minimum absolute atomic E-state index is 0.119. The summed E-state index contributed by atoms with van der Waals surface area (Å²) in [5.74, 6) is 0.508. The maximum absolute atomic E-state index is 11.5. The summed E-state index contributed by atoms with van der Waals surface area (Å²) < 4.78 is 5.41. The van der Waals surface area contributed by atoms with Crippen LogP contribution in [0.15, 0.2) is 0 Å². The molecule has 1 aliphatic carbocycles. The van der Waals surface area contributed by atoms with E-state index in [2.05, 4.69) is 6.92 Å². The Balaban J connectivity index is 2.34. The van der Waals surface area contributed by atoms with Gasteiger partial charge in [0.1, 0.15) is 12.1 Å². The van der Waals surface area contributed by atoms with Gasteiger partial charge in [0.25, 0.3) is 0 Å². The molecule has 1 aliphatic rings. The van der Waals surface area contributed by atoms with Gasteiger partial charge in [-0.1, -0.05) is 26.7 Å². The summed E-state index contributed by atoms with van der Waals surface area (Å²) in [6.07, 6.45) is 6.46. The molecule has 0 amide bonds. The Morgan fingerprint density at radius 2 is 2.20 bits per heavy atom. The molecule has 1 rings (SSSR count). The van der Waals surface area contributed by atoms with Gasteiger partial charge in [0.2, 0.25) is 0 Å². The number of carbonyl (C=O) groups excluding carboxylic acids is 1. The molecule has 2 unspecified atom stereocenters. The van der Waals surface area contributed by atoms with Crippen LogP contribution in [0.2, 0.25) is 0 Å². The Morgan fingerprint density at radius 1 is 1.47 bits per heavy atom. The van der Waals surface area contributed by atoms with E-state index in [-0.39, 0.29) is 12.1 Å². The molecule has 3 atom stereocenters. The highest BCUT2D eigenvalue weighted by molar-refractivity contribution is 5.75. The van der Waals surface area contributed by atoms with Crippen molar-refractivity contribution in [3.05, 3.63) is 0 Å². The van der Waals surface area contributed by atoms with E-state index in [4.69, 9.17) is 10.5 Å². The average Bonchev–Trinajstić information content (AvgIpc) is 2.28. The van der Waals surface area contributed by atoms with Crippen molar-refractivity contribution in [3.8, 4) is 0 Å². The van der Waals surface area contributed by atoms with Crippen LogP contribution in [0.1, 0.15) is 52.4 Å². The first kappa shape index (κ1) is 12.5. The van der Waals surface area contributed by atoms with Crippen LogP contribution in [-0.4, -0.2) is 18.1 Å². The molecule has 0 spiro atoms. The smallest absolute Gasteiger partial charge is 0.323 e. The lowest BCUT2D eigenvalue weighted by atomic mass is 9.85. The molecule has 0 aromatic carbocycles. The molecule has 15 heavy (non-hydrogen) atoms. The number of ether oxygens (including phenoxy) is 1. The van der Waals surface area contributed by atoms with E-state index >= 15 is 0 Å². The highest BCUT2D eigenvalue weighted by Gasteiger charge is 2.25. The average molecular weight is 213 g/mol. The summed E-state index contributed by atoms with van der Waals surface area (Å²) >= 11 is 0. The van der Waals surface area contributed by atoms with E-state index in [0.29, 0.717) is 6.42 Å². The van der Waals surface area contributed by atoms with Gasteiger partial charge in [-0.3, -0.25) is 4.79 Å². The first-order valence-corrected chi connectivity index (χ1v) is 6.13. The summed E-state index contributed by atoms with van der Waals surface area (Å²) in [6.45, 7) is 4.11. The molecule has 3 nitrogen and oxygen atoms in total. The Labute approximate surface area is 92.4 Å². The minimum atomic E-state index is -0.438. The Hall–Kier alpha value is -0.570. The zero-order chi connectivity index (χ0) is 11.3. The van der Waals surface area contributed by atoms with Crippen LogP contribution in [0, 0.1) is 5.92 Å². The van der Waals surface area contributed by atoms with Crippen molar-refractivity contribution in [2.75, 3.05) is 0 Å². The zero-order valence-corrected chi connectivity index (χ0v) is 9.87. The summed E-state index contributed by atoms with van der Waals surface area (Å²) in [6, 6.07) is -0.438. The summed E-state index contributed by atoms with van der Waals surface area (Å²) in [7, 11) is 0. The SMILES string of the molecule is CCC1CCCC(OC(=O)[C@@H](N)CC)C1. The van der Waals surface area contributed by atoms with Gasteiger partial charge in [0, 0.05) is 0 Å². The molecule has 0 heterocycles. The number of hydrogen-bond acceptors (Lipinski definition) is 3. The highest BCUT2D eigenvalue weighted by atomic mass is 16.5. The van der Waals surface area contributed by atoms with E-state index < -0.39 is 6.04 Å². The van der Waals surface area contributed by atoms with Crippen molar-refractivity contribution in [2.24, 2.45) is 11.7 Å². The van der Waals surface area contributed by atoms with Crippen molar-refractivity contribution in [1.82, 2.24) is 0 Å². The van der Waals surface area contributed by atoms with Crippen LogP contribution in [-0.2, 0) is 9.53 Å². The second kappa shape index (κ2) is 6.11. The zero-order valence-electron chi connectivity index (χ0n) is 9.87. The van der Waals surface area contributed by atoms with Gasteiger partial charge < -0.3 is 10.5 Å². The molecule has 1 saturated carbocycles. The van der Waals surface area contributed by atoms with Crippen LogP contribution >= 0.6 is 0 Å². The van der Waals surface area contributed by atoms with Gasteiger partial charge in [0.05, 0.1) is 0 Å². The first-order valence-electron chi connectivity index (χ1n) is 6.13. The van der Waals surface area contributed by atoms with Gasteiger partial charge in [-0.25, -0.2) is 0 Å². The van der Waals surface area contributed by atoms with Crippen LogP contribution < -0.4 is 5.73 Å². The molecule has 1 fully saturated rings. The Bertz CT molecular complexity index is 206.